The molecule has 3 heterocycles. The second kappa shape index (κ2) is 9.95. The molecule has 1 aliphatic heterocycles. The van der Waals surface area contributed by atoms with E-state index < -0.39 is 0 Å². The minimum Gasteiger partial charge on any atom is -0.488 e. The summed E-state index contributed by atoms with van der Waals surface area (Å²) in [6, 6.07) is 20.3. The van der Waals surface area contributed by atoms with Gasteiger partial charge in [0.1, 0.15) is 12.4 Å². The van der Waals surface area contributed by atoms with Crippen molar-refractivity contribution in [3.8, 4) is 28.1 Å². The van der Waals surface area contributed by atoms with Crippen molar-refractivity contribution in [2.75, 3.05) is 18.9 Å². The average molecular weight is 498 g/mol. The summed E-state index contributed by atoms with van der Waals surface area (Å²) >= 11 is 0. The lowest BCUT2D eigenvalue weighted by atomic mass is 9.90. The van der Waals surface area contributed by atoms with Gasteiger partial charge in [0.15, 0.2) is 11.6 Å². The predicted octanol–water partition coefficient (Wildman–Crippen LogP) is 5.33. The topological polar surface area (TPSA) is 97.3 Å². The minimum absolute atomic E-state index is 0.301. The number of para-hydroxylation sites is 1. The quantitative estimate of drug-likeness (QED) is 0.384. The van der Waals surface area contributed by atoms with Gasteiger partial charge in [0.2, 0.25) is 0 Å². The van der Waals surface area contributed by atoms with Gasteiger partial charge in [0, 0.05) is 35.2 Å². The highest BCUT2D eigenvalue weighted by Gasteiger charge is 2.41. The molecular weight excluding hydrogens is 466 g/mol. The molecule has 2 fully saturated rings. The van der Waals surface area contributed by atoms with Crippen molar-refractivity contribution >= 4 is 5.82 Å². The fourth-order valence-electron chi connectivity index (χ4n) is 5.42. The maximum absolute atomic E-state index is 6.33. The van der Waals surface area contributed by atoms with Gasteiger partial charge in [-0.2, -0.15) is 5.10 Å². The highest BCUT2D eigenvalue weighted by Crippen LogP contribution is 2.41. The van der Waals surface area contributed by atoms with Crippen molar-refractivity contribution < 1.29 is 14.2 Å². The van der Waals surface area contributed by atoms with E-state index >= 15 is 0 Å². The summed E-state index contributed by atoms with van der Waals surface area (Å²) in [4.78, 5) is 0. The Labute approximate surface area is 216 Å². The summed E-state index contributed by atoms with van der Waals surface area (Å²) in [5.74, 6) is 0.741. The number of anilines is 1. The molecule has 1 saturated carbocycles. The zero-order chi connectivity index (χ0) is 25.2. The first kappa shape index (κ1) is 23.6. The van der Waals surface area contributed by atoms with Crippen LogP contribution in [0.5, 0.6) is 5.75 Å². The first-order valence-electron chi connectivity index (χ1n) is 12.8. The largest absolute Gasteiger partial charge is 0.488 e. The number of nitrogens with zero attached hydrogens (tertiary/aromatic N) is 4. The van der Waals surface area contributed by atoms with E-state index in [0.29, 0.717) is 37.4 Å². The van der Waals surface area contributed by atoms with E-state index in [9.17, 15) is 0 Å². The molecular formula is C29H31N5O3. The van der Waals surface area contributed by atoms with Crippen LogP contribution < -0.4 is 10.5 Å². The van der Waals surface area contributed by atoms with Crippen LogP contribution >= 0.6 is 0 Å². The summed E-state index contributed by atoms with van der Waals surface area (Å²) in [6.45, 7) is 3.93. The lowest BCUT2D eigenvalue weighted by molar-refractivity contribution is -0.181. The smallest absolute Gasteiger partial charge is 0.168 e. The Balaban J connectivity index is 1.26. The summed E-state index contributed by atoms with van der Waals surface area (Å²) in [7, 11) is 0. The lowest BCUT2D eigenvalue weighted by Crippen LogP contribution is -2.36. The number of nitrogen functional groups attached to an aromatic ring is 1. The SMILES string of the molecule is Cc1c(-c2cc(-c3ccccc3OCc3ccccc3)nnc2N)cnn1C1CCC2(CC1)OCCO2. The fourth-order valence-corrected chi connectivity index (χ4v) is 5.42. The Bertz CT molecular complexity index is 1370. The van der Waals surface area contributed by atoms with Gasteiger partial charge < -0.3 is 19.9 Å². The Morgan fingerprint density at radius 3 is 2.46 bits per heavy atom. The molecule has 1 spiro atoms. The van der Waals surface area contributed by atoms with Crippen molar-refractivity contribution in [3.05, 3.63) is 78.1 Å². The molecule has 1 aliphatic carbocycles. The van der Waals surface area contributed by atoms with E-state index in [-0.39, 0.29) is 5.79 Å². The second-order valence-corrected chi connectivity index (χ2v) is 9.73. The van der Waals surface area contributed by atoms with Crippen molar-refractivity contribution in [1.29, 1.82) is 0 Å². The lowest BCUT2D eigenvalue weighted by Gasteiger charge is -2.35. The molecule has 8 heteroatoms. The van der Waals surface area contributed by atoms with Crippen LogP contribution in [0, 0.1) is 6.92 Å². The van der Waals surface area contributed by atoms with Gasteiger partial charge in [0.05, 0.1) is 31.1 Å². The molecule has 4 aromatic rings. The highest BCUT2D eigenvalue weighted by molar-refractivity contribution is 5.79. The van der Waals surface area contributed by atoms with Gasteiger partial charge in [-0.05, 0) is 43.5 Å². The van der Waals surface area contributed by atoms with Crippen molar-refractivity contribution in [1.82, 2.24) is 20.0 Å². The molecule has 190 valence electrons. The number of rotatable bonds is 6. The van der Waals surface area contributed by atoms with E-state index in [4.69, 9.17) is 25.0 Å². The fraction of sp³-hybridized carbons (Fsp3) is 0.345. The van der Waals surface area contributed by atoms with Crippen LogP contribution in [0.25, 0.3) is 22.4 Å². The van der Waals surface area contributed by atoms with Crippen LogP contribution in [-0.2, 0) is 16.1 Å². The first-order valence-corrected chi connectivity index (χ1v) is 12.8. The average Bonchev–Trinajstić information content (AvgIpc) is 3.56. The van der Waals surface area contributed by atoms with Crippen molar-refractivity contribution in [2.45, 2.75) is 51.0 Å². The van der Waals surface area contributed by atoms with E-state index in [1.807, 2.05) is 66.9 Å². The molecule has 2 aliphatic rings. The Morgan fingerprint density at radius 2 is 1.68 bits per heavy atom. The molecule has 2 aromatic carbocycles. The van der Waals surface area contributed by atoms with Gasteiger partial charge in [-0.25, -0.2) is 0 Å². The van der Waals surface area contributed by atoms with Gasteiger partial charge in [-0.3, -0.25) is 4.68 Å². The molecule has 37 heavy (non-hydrogen) atoms. The van der Waals surface area contributed by atoms with E-state index in [2.05, 4.69) is 21.8 Å². The molecule has 0 radical (unpaired) electrons. The maximum Gasteiger partial charge on any atom is 0.168 e. The Hall–Kier alpha value is -3.75. The summed E-state index contributed by atoms with van der Waals surface area (Å²) in [5, 5.41) is 13.5. The monoisotopic (exact) mass is 497 g/mol. The number of aromatic nitrogens is 4. The van der Waals surface area contributed by atoms with Crippen molar-refractivity contribution in [3.63, 3.8) is 0 Å². The van der Waals surface area contributed by atoms with Crippen LogP contribution in [-0.4, -0.2) is 39.0 Å². The van der Waals surface area contributed by atoms with Crippen LogP contribution in [0.3, 0.4) is 0 Å². The number of hydrogen-bond acceptors (Lipinski definition) is 7. The second-order valence-electron chi connectivity index (χ2n) is 9.73. The molecule has 0 amide bonds. The molecule has 2 N–H and O–H groups in total. The number of ether oxygens (including phenoxy) is 3. The number of hydrogen-bond donors (Lipinski definition) is 1. The minimum atomic E-state index is -0.384. The van der Waals surface area contributed by atoms with Crippen LogP contribution in [0.4, 0.5) is 5.82 Å². The predicted molar refractivity (Wildman–Crippen MR) is 141 cm³/mol. The van der Waals surface area contributed by atoms with Gasteiger partial charge in [-0.15, -0.1) is 10.2 Å². The summed E-state index contributed by atoms with van der Waals surface area (Å²) < 4.78 is 20.1. The van der Waals surface area contributed by atoms with Crippen LogP contribution in [0.2, 0.25) is 0 Å². The molecule has 0 bridgehead atoms. The van der Waals surface area contributed by atoms with E-state index in [0.717, 1.165) is 59.4 Å². The number of benzene rings is 2. The van der Waals surface area contributed by atoms with Gasteiger partial charge in [-0.1, -0.05) is 42.5 Å². The van der Waals surface area contributed by atoms with Gasteiger partial charge in [0.25, 0.3) is 0 Å². The molecule has 2 aromatic heterocycles. The standard InChI is InChI=1S/C29H31N5O3/c1-20-25(18-31-34(20)22-11-13-29(14-12-22)36-15-16-37-29)24-17-26(32-33-28(24)30)23-9-5-6-10-27(23)35-19-21-7-3-2-4-8-21/h2-10,17-18,22H,11-16,19H2,1H3,(H2,30,33). The number of nitrogens with two attached hydrogens (primary N) is 1. The molecule has 8 nitrogen and oxygen atoms in total. The molecule has 0 unspecified atom stereocenters. The van der Waals surface area contributed by atoms with Crippen molar-refractivity contribution in [2.24, 2.45) is 0 Å². The molecule has 1 saturated heterocycles. The zero-order valence-electron chi connectivity index (χ0n) is 21.0. The third kappa shape index (κ3) is 4.70. The third-order valence-electron chi connectivity index (χ3n) is 7.43. The maximum atomic E-state index is 6.33. The Kier molecular flexibility index (Phi) is 6.36. The first-order chi connectivity index (χ1) is 18.1. The highest BCUT2D eigenvalue weighted by atomic mass is 16.7. The van der Waals surface area contributed by atoms with E-state index in [1.165, 1.54) is 0 Å². The normalized spacial score (nSPS) is 17.3. The third-order valence-corrected chi connectivity index (χ3v) is 7.43. The Morgan fingerprint density at radius 1 is 0.946 bits per heavy atom. The molecule has 0 atom stereocenters. The summed E-state index contributed by atoms with van der Waals surface area (Å²) in [5.41, 5.74) is 11.9. The van der Waals surface area contributed by atoms with Gasteiger partial charge >= 0.3 is 0 Å². The zero-order valence-corrected chi connectivity index (χ0v) is 21.0. The summed E-state index contributed by atoms with van der Waals surface area (Å²) in [6.07, 6.45) is 5.58. The molecule has 6 rings (SSSR count). The van der Waals surface area contributed by atoms with Crippen LogP contribution in [0.1, 0.15) is 43.0 Å². The van der Waals surface area contributed by atoms with Crippen LogP contribution in [0.15, 0.2) is 66.9 Å². The van der Waals surface area contributed by atoms with E-state index in [1.54, 1.807) is 0 Å².